The second-order valence-corrected chi connectivity index (χ2v) is 7.19. The number of alkyl halides is 2. The standard InChI is InChI=1S/C17H14F2N2O2S2/c1-23-11-4-2-10(3-5-11)8-15(22)21-17-20-13-7-6-12(24-16(18)19)9-14(13)25-17/h2-7,9,16H,8H2,1H3,(H,20,21,22). The van der Waals surface area contributed by atoms with E-state index in [1.807, 2.05) is 12.1 Å². The number of methoxy groups -OCH3 is 1. The highest BCUT2D eigenvalue weighted by Gasteiger charge is 2.11. The third kappa shape index (κ3) is 4.67. The molecule has 0 unspecified atom stereocenters. The van der Waals surface area contributed by atoms with Crippen molar-refractivity contribution in [2.24, 2.45) is 0 Å². The molecule has 0 atom stereocenters. The van der Waals surface area contributed by atoms with Gasteiger partial charge in [0, 0.05) is 4.90 Å². The third-order valence-corrected chi connectivity index (χ3v) is 4.99. The van der Waals surface area contributed by atoms with Gasteiger partial charge in [-0.1, -0.05) is 35.2 Å². The van der Waals surface area contributed by atoms with Crippen molar-refractivity contribution in [3.63, 3.8) is 0 Å². The summed E-state index contributed by atoms with van der Waals surface area (Å²) in [5.74, 6) is -1.92. The number of benzene rings is 2. The number of nitrogens with zero attached hydrogens (tertiary/aromatic N) is 1. The van der Waals surface area contributed by atoms with E-state index in [0.717, 1.165) is 16.0 Å². The van der Waals surface area contributed by atoms with E-state index in [-0.39, 0.29) is 12.3 Å². The SMILES string of the molecule is COc1ccc(CC(=O)Nc2nc3ccc(SC(F)F)cc3s2)cc1. The average molecular weight is 380 g/mol. The topological polar surface area (TPSA) is 51.2 Å². The predicted molar refractivity (Wildman–Crippen MR) is 96.8 cm³/mol. The van der Waals surface area contributed by atoms with Crippen LogP contribution in [-0.2, 0) is 11.2 Å². The Morgan fingerprint density at radius 1 is 1.28 bits per heavy atom. The van der Waals surface area contributed by atoms with E-state index in [2.05, 4.69) is 10.3 Å². The smallest absolute Gasteiger partial charge is 0.288 e. The van der Waals surface area contributed by atoms with Crippen molar-refractivity contribution in [1.82, 2.24) is 4.98 Å². The molecule has 1 heterocycles. The number of fused-ring (bicyclic) bond motifs is 1. The van der Waals surface area contributed by atoms with Crippen molar-refractivity contribution in [3.05, 3.63) is 48.0 Å². The van der Waals surface area contributed by atoms with Gasteiger partial charge in [-0.2, -0.15) is 8.78 Å². The van der Waals surface area contributed by atoms with Crippen molar-refractivity contribution in [2.75, 3.05) is 12.4 Å². The Hall–Kier alpha value is -2.19. The van der Waals surface area contributed by atoms with Crippen LogP contribution in [0.3, 0.4) is 0 Å². The lowest BCUT2D eigenvalue weighted by molar-refractivity contribution is -0.115. The Balaban J connectivity index is 1.67. The number of anilines is 1. The molecule has 1 amide bonds. The second-order valence-electron chi connectivity index (χ2n) is 5.10. The molecule has 0 spiro atoms. The molecule has 3 rings (SSSR count). The van der Waals surface area contributed by atoms with E-state index in [1.54, 1.807) is 37.4 Å². The maximum Gasteiger partial charge on any atom is 0.288 e. The molecular formula is C17H14F2N2O2S2. The molecular weight excluding hydrogens is 366 g/mol. The van der Waals surface area contributed by atoms with Crippen LogP contribution < -0.4 is 10.1 Å². The molecule has 2 aromatic carbocycles. The minimum Gasteiger partial charge on any atom is -0.497 e. The summed E-state index contributed by atoms with van der Waals surface area (Å²) in [5, 5.41) is 3.20. The van der Waals surface area contributed by atoms with Crippen molar-refractivity contribution < 1.29 is 18.3 Å². The van der Waals surface area contributed by atoms with Gasteiger partial charge in [0.15, 0.2) is 5.13 Å². The first-order chi connectivity index (χ1) is 12.0. The van der Waals surface area contributed by atoms with Gasteiger partial charge >= 0.3 is 0 Å². The fraction of sp³-hybridized carbons (Fsp3) is 0.176. The molecule has 0 fully saturated rings. The quantitative estimate of drug-likeness (QED) is 0.624. The minimum atomic E-state index is -2.46. The fourth-order valence-corrected chi connectivity index (χ4v) is 3.76. The number of hydrogen-bond acceptors (Lipinski definition) is 5. The molecule has 0 aliphatic heterocycles. The van der Waals surface area contributed by atoms with E-state index in [4.69, 9.17) is 4.74 Å². The predicted octanol–water partition coefficient (Wildman–Crippen LogP) is 4.80. The highest BCUT2D eigenvalue weighted by atomic mass is 32.2. The molecule has 0 radical (unpaired) electrons. The maximum absolute atomic E-state index is 12.4. The summed E-state index contributed by atoms with van der Waals surface area (Å²) in [5.41, 5.74) is 1.53. The molecule has 1 N–H and O–H groups in total. The first-order valence-corrected chi connectivity index (χ1v) is 9.01. The lowest BCUT2D eigenvalue weighted by Gasteiger charge is -2.03. The molecule has 0 aliphatic carbocycles. The lowest BCUT2D eigenvalue weighted by atomic mass is 10.1. The number of carbonyl (C=O) groups excluding carboxylic acids is 1. The molecule has 8 heteroatoms. The minimum absolute atomic E-state index is 0.189. The van der Waals surface area contributed by atoms with Crippen LogP contribution in [0.5, 0.6) is 5.75 Å². The van der Waals surface area contributed by atoms with Crippen LogP contribution >= 0.6 is 23.1 Å². The number of aromatic nitrogens is 1. The number of amides is 1. The number of carbonyl (C=O) groups is 1. The molecule has 4 nitrogen and oxygen atoms in total. The van der Waals surface area contributed by atoms with Crippen LogP contribution in [0.25, 0.3) is 10.2 Å². The van der Waals surface area contributed by atoms with Crippen molar-refractivity contribution in [2.45, 2.75) is 17.1 Å². The van der Waals surface area contributed by atoms with Crippen LogP contribution in [0.15, 0.2) is 47.4 Å². The highest BCUT2D eigenvalue weighted by molar-refractivity contribution is 7.99. The Morgan fingerprint density at radius 3 is 2.72 bits per heavy atom. The zero-order chi connectivity index (χ0) is 17.8. The van der Waals surface area contributed by atoms with Gasteiger partial charge in [0.1, 0.15) is 5.75 Å². The Morgan fingerprint density at radius 2 is 2.04 bits per heavy atom. The number of hydrogen-bond donors (Lipinski definition) is 1. The molecule has 0 saturated carbocycles. The van der Waals surface area contributed by atoms with Gasteiger partial charge in [-0.25, -0.2) is 4.98 Å². The van der Waals surface area contributed by atoms with E-state index < -0.39 is 5.76 Å². The lowest BCUT2D eigenvalue weighted by Crippen LogP contribution is -2.14. The second kappa shape index (κ2) is 7.79. The number of ether oxygens (including phenoxy) is 1. The van der Waals surface area contributed by atoms with Crippen LogP contribution in [0, 0.1) is 0 Å². The fourth-order valence-electron chi connectivity index (χ4n) is 2.23. The van der Waals surface area contributed by atoms with Crippen LogP contribution in [0.4, 0.5) is 13.9 Å². The molecule has 25 heavy (non-hydrogen) atoms. The summed E-state index contributed by atoms with van der Waals surface area (Å²) in [6.07, 6.45) is 0.215. The molecule has 130 valence electrons. The van der Waals surface area contributed by atoms with Crippen molar-refractivity contribution in [1.29, 1.82) is 0 Å². The number of rotatable bonds is 6. The number of nitrogens with one attached hydrogen (secondary N) is 1. The van der Waals surface area contributed by atoms with Crippen molar-refractivity contribution >= 4 is 44.4 Å². The van der Waals surface area contributed by atoms with Gasteiger partial charge in [0.2, 0.25) is 5.91 Å². The van der Waals surface area contributed by atoms with Gasteiger partial charge in [-0.15, -0.1) is 0 Å². The van der Waals surface area contributed by atoms with E-state index in [0.29, 0.717) is 27.3 Å². The average Bonchev–Trinajstić information content (AvgIpc) is 2.96. The summed E-state index contributed by atoms with van der Waals surface area (Å²) < 4.78 is 30.7. The van der Waals surface area contributed by atoms with Gasteiger partial charge in [0.25, 0.3) is 5.76 Å². The number of thioether (sulfide) groups is 1. The summed E-state index contributed by atoms with van der Waals surface area (Å²) in [6, 6.07) is 12.2. The van der Waals surface area contributed by atoms with Crippen LogP contribution in [0.2, 0.25) is 0 Å². The van der Waals surface area contributed by atoms with Gasteiger partial charge in [-0.3, -0.25) is 4.79 Å². The van der Waals surface area contributed by atoms with Gasteiger partial charge < -0.3 is 10.1 Å². The molecule has 0 saturated heterocycles. The van der Waals surface area contributed by atoms with E-state index in [1.165, 1.54) is 11.3 Å². The molecule has 1 aromatic heterocycles. The van der Waals surface area contributed by atoms with E-state index >= 15 is 0 Å². The normalized spacial score (nSPS) is 11.0. The number of halogens is 2. The Kier molecular flexibility index (Phi) is 5.50. The molecule has 0 aliphatic rings. The van der Waals surface area contributed by atoms with Crippen LogP contribution in [0.1, 0.15) is 5.56 Å². The van der Waals surface area contributed by atoms with Gasteiger partial charge in [-0.05, 0) is 35.9 Å². The first kappa shape index (κ1) is 17.6. The summed E-state index contributed by atoms with van der Waals surface area (Å²) >= 11 is 1.75. The largest absolute Gasteiger partial charge is 0.497 e. The summed E-state index contributed by atoms with van der Waals surface area (Å²) in [4.78, 5) is 16.9. The number of thiazole rings is 1. The van der Waals surface area contributed by atoms with Crippen LogP contribution in [-0.4, -0.2) is 23.8 Å². The Labute approximate surface area is 151 Å². The highest BCUT2D eigenvalue weighted by Crippen LogP contribution is 2.32. The van der Waals surface area contributed by atoms with Crippen molar-refractivity contribution in [3.8, 4) is 5.75 Å². The zero-order valence-electron chi connectivity index (χ0n) is 13.2. The summed E-state index contributed by atoms with van der Waals surface area (Å²) in [6.45, 7) is 0. The van der Waals surface area contributed by atoms with Gasteiger partial charge in [0.05, 0.1) is 23.7 Å². The summed E-state index contributed by atoms with van der Waals surface area (Å²) in [7, 11) is 1.58. The monoisotopic (exact) mass is 380 g/mol. The molecule has 3 aromatic rings. The van der Waals surface area contributed by atoms with E-state index in [9.17, 15) is 13.6 Å². The third-order valence-electron chi connectivity index (χ3n) is 3.36. The molecule has 0 bridgehead atoms. The Bertz CT molecular complexity index is 882. The maximum atomic E-state index is 12.4. The zero-order valence-corrected chi connectivity index (χ0v) is 14.8. The first-order valence-electron chi connectivity index (χ1n) is 7.31.